The minimum absolute atomic E-state index is 0.0525. The van der Waals surface area contributed by atoms with E-state index < -0.39 is 13.0 Å². The molecule has 0 aliphatic carbocycles. The average molecular weight is 302 g/mol. The third-order valence-corrected chi connectivity index (χ3v) is 3.24. The zero-order valence-corrected chi connectivity index (χ0v) is 12.0. The van der Waals surface area contributed by atoms with Crippen LogP contribution in [0.1, 0.15) is 12.8 Å². The van der Waals surface area contributed by atoms with Crippen molar-refractivity contribution in [1.29, 1.82) is 0 Å². The summed E-state index contributed by atoms with van der Waals surface area (Å²) >= 11 is 0. The summed E-state index contributed by atoms with van der Waals surface area (Å²) in [5.41, 5.74) is 0. The van der Waals surface area contributed by atoms with Crippen LogP contribution < -0.4 is 15.1 Å². The van der Waals surface area contributed by atoms with E-state index in [1.54, 1.807) is 7.05 Å². The molecule has 21 heavy (non-hydrogen) atoms. The van der Waals surface area contributed by atoms with Gasteiger partial charge in [0, 0.05) is 26.7 Å². The van der Waals surface area contributed by atoms with Crippen molar-refractivity contribution in [3.63, 3.8) is 0 Å². The zero-order valence-electron chi connectivity index (χ0n) is 12.0. The molecule has 0 amide bonds. The minimum atomic E-state index is -2.53. The molecular weight excluding hydrogens is 282 g/mol. The molecule has 0 saturated carbocycles. The number of anilines is 3. The van der Waals surface area contributed by atoms with Gasteiger partial charge in [0.15, 0.2) is 0 Å². The van der Waals surface area contributed by atoms with Crippen LogP contribution in [-0.2, 0) is 0 Å². The average Bonchev–Trinajstić information content (AvgIpc) is 3.00. The monoisotopic (exact) mass is 302 g/mol. The lowest BCUT2D eigenvalue weighted by atomic mass is 10.4. The summed E-state index contributed by atoms with van der Waals surface area (Å²) in [6.45, 7) is 0.985. The number of rotatable bonds is 7. The Bertz CT molecular complexity index is 455. The van der Waals surface area contributed by atoms with Crippen LogP contribution in [0.3, 0.4) is 0 Å². The van der Waals surface area contributed by atoms with E-state index in [9.17, 15) is 8.78 Å². The lowest BCUT2D eigenvalue weighted by molar-refractivity contribution is 0.152. The highest BCUT2D eigenvalue weighted by Crippen LogP contribution is 2.20. The largest absolute Gasteiger partial charge is 0.395 e. The molecule has 1 aliphatic rings. The van der Waals surface area contributed by atoms with Crippen LogP contribution in [0.15, 0.2) is 0 Å². The first-order valence-electron chi connectivity index (χ1n) is 6.96. The number of aliphatic hydroxyl groups is 1. The Morgan fingerprint density at radius 1 is 1.29 bits per heavy atom. The van der Waals surface area contributed by atoms with E-state index in [-0.39, 0.29) is 19.1 Å². The summed E-state index contributed by atoms with van der Waals surface area (Å²) in [6, 6.07) is 0. The fraction of sp³-hybridized carbons (Fsp3) is 0.750. The SMILES string of the molecule is CNc1nc(N2CCCC2)nc(N(CCO)CC(F)F)n1. The van der Waals surface area contributed by atoms with Crippen molar-refractivity contribution in [3.8, 4) is 0 Å². The molecule has 2 N–H and O–H groups in total. The number of aromatic nitrogens is 3. The van der Waals surface area contributed by atoms with Gasteiger partial charge in [-0.3, -0.25) is 0 Å². The van der Waals surface area contributed by atoms with Crippen LogP contribution in [0.5, 0.6) is 0 Å². The second-order valence-corrected chi connectivity index (χ2v) is 4.76. The molecule has 2 rings (SSSR count). The Balaban J connectivity index is 2.28. The Kier molecular flexibility index (Phi) is 5.43. The van der Waals surface area contributed by atoms with Crippen molar-refractivity contribution < 1.29 is 13.9 Å². The fourth-order valence-electron chi connectivity index (χ4n) is 2.23. The molecule has 7 nitrogen and oxygen atoms in total. The maximum absolute atomic E-state index is 12.7. The summed E-state index contributed by atoms with van der Waals surface area (Å²) in [7, 11) is 1.66. The Morgan fingerprint density at radius 3 is 2.57 bits per heavy atom. The molecule has 0 bridgehead atoms. The van der Waals surface area contributed by atoms with Gasteiger partial charge in [0.2, 0.25) is 17.8 Å². The molecule has 118 valence electrons. The quantitative estimate of drug-likeness (QED) is 0.763. The number of hydrogen-bond acceptors (Lipinski definition) is 7. The van der Waals surface area contributed by atoms with Crippen molar-refractivity contribution >= 4 is 17.8 Å². The summed E-state index contributed by atoms with van der Waals surface area (Å²) in [4.78, 5) is 15.9. The van der Waals surface area contributed by atoms with Crippen LogP contribution >= 0.6 is 0 Å². The highest BCUT2D eigenvalue weighted by molar-refractivity contribution is 5.45. The number of hydrogen-bond donors (Lipinski definition) is 2. The maximum atomic E-state index is 12.7. The molecule has 9 heteroatoms. The van der Waals surface area contributed by atoms with Gasteiger partial charge in [-0.1, -0.05) is 0 Å². The van der Waals surface area contributed by atoms with Crippen LogP contribution in [0.4, 0.5) is 26.6 Å². The third kappa shape index (κ3) is 4.10. The van der Waals surface area contributed by atoms with Crippen LogP contribution in [0.25, 0.3) is 0 Å². The van der Waals surface area contributed by atoms with Gasteiger partial charge in [-0.15, -0.1) is 0 Å². The summed E-state index contributed by atoms with van der Waals surface area (Å²) < 4.78 is 25.3. The normalized spacial score (nSPS) is 14.8. The van der Waals surface area contributed by atoms with E-state index in [0.717, 1.165) is 25.9 Å². The molecule has 0 aromatic carbocycles. The van der Waals surface area contributed by atoms with Crippen molar-refractivity contribution in [1.82, 2.24) is 15.0 Å². The van der Waals surface area contributed by atoms with Gasteiger partial charge in [0.1, 0.15) is 0 Å². The van der Waals surface area contributed by atoms with Crippen molar-refractivity contribution in [2.75, 3.05) is 55.0 Å². The number of nitrogens with zero attached hydrogens (tertiary/aromatic N) is 5. The smallest absolute Gasteiger partial charge is 0.255 e. The maximum Gasteiger partial charge on any atom is 0.255 e. The molecule has 0 unspecified atom stereocenters. The first-order chi connectivity index (χ1) is 10.1. The van der Waals surface area contributed by atoms with E-state index in [0.29, 0.717) is 11.9 Å². The molecular formula is C12H20F2N6O. The lowest BCUT2D eigenvalue weighted by Gasteiger charge is -2.23. The highest BCUT2D eigenvalue weighted by Gasteiger charge is 2.21. The van der Waals surface area contributed by atoms with Crippen molar-refractivity contribution in [2.45, 2.75) is 19.3 Å². The number of aliphatic hydroxyl groups excluding tert-OH is 1. The standard InChI is InChI=1S/C12H20F2N6O/c1-15-10-16-11(19-4-2-3-5-19)18-12(17-10)20(6-7-21)8-9(13)14/h9,21H,2-8H2,1H3,(H,15,16,17,18). The first kappa shape index (κ1) is 15.6. The number of nitrogens with one attached hydrogen (secondary N) is 1. The molecule has 1 aliphatic heterocycles. The van der Waals surface area contributed by atoms with Gasteiger partial charge in [-0.05, 0) is 12.8 Å². The van der Waals surface area contributed by atoms with Crippen molar-refractivity contribution in [2.24, 2.45) is 0 Å². The van der Waals surface area contributed by atoms with Crippen LogP contribution in [0.2, 0.25) is 0 Å². The van der Waals surface area contributed by atoms with Gasteiger partial charge in [-0.25, -0.2) is 8.78 Å². The second-order valence-electron chi connectivity index (χ2n) is 4.76. The summed E-state index contributed by atoms with van der Waals surface area (Å²) in [6.07, 6.45) is -0.401. The zero-order chi connectivity index (χ0) is 15.2. The van der Waals surface area contributed by atoms with Gasteiger partial charge >= 0.3 is 0 Å². The Hall–Kier alpha value is -1.77. The van der Waals surface area contributed by atoms with Crippen molar-refractivity contribution in [3.05, 3.63) is 0 Å². The molecule has 1 fully saturated rings. The van der Waals surface area contributed by atoms with E-state index >= 15 is 0 Å². The first-order valence-corrected chi connectivity index (χ1v) is 6.96. The fourth-order valence-corrected chi connectivity index (χ4v) is 2.23. The predicted octanol–water partition coefficient (Wildman–Crippen LogP) is 0.577. The summed E-state index contributed by atoms with van der Waals surface area (Å²) in [5, 5.41) is 11.9. The molecule has 2 heterocycles. The lowest BCUT2D eigenvalue weighted by Crippen LogP contribution is -2.34. The summed E-state index contributed by atoms with van der Waals surface area (Å²) in [5.74, 6) is 0.976. The van der Waals surface area contributed by atoms with Crippen LogP contribution in [-0.4, -0.2) is 66.3 Å². The van der Waals surface area contributed by atoms with Gasteiger partial charge in [0.25, 0.3) is 6.43 Å². The van der Waals surface area contributed by atoms with Crippen LogP contribution in [0, 0.1) is 0 Å². The Morgan fingerprint density at radius 2 is 2.00 bits per heavy atom. The third-order valence-electron chi connectivity index (χ3n) is 3.24. The van der Waals surface area contributed by atoms with E-state index in [2.05, 4.69) is 20.3 Å². The molecule has 1 saturated heterocycles. The van der Waals surface area contributed by atoms with Gasteiger partial charge in [0.05, 0.1) is 13.2 Å². The van der Waals surface area contributed by atoms with E-state index in [1.807, 2.05) is 4.90 Å². The second kappa shape index (κ2) is 7.30. The number of alkyl halides is 2. The van der Waals surface area contributed by atoms with E-state index in [4.69, 9.17) is 5.11 Å². The minimum Gasteiger partial charge on any atom is -0.395 e. The van der Waals surface area contributed by atoms with Gasteiger partial charge < -0.3 is 20.2 Å². The number of halogens is 2. The molecule has 0 radical (unpaired) electrons. The molecule has 0 spiro atoms. The molecule has 1 aromatic heterocycles. The molecule has 0 atom stereocenters. The Labute approximate surface area is 122 Å². The topological polar surface area (TPSA) is 77.4 Å². The van der Waals surface area contributed by atoms with Gasteiger partial charge in [-0.2, -0.15) is 15.0 Å². The molecule has 1 aromatic rings. The predicted molar refractivity (Wildman–Crippen MR) is 76.1 cm³/mol. The van der Waals surface area contributed by atoms with E-state index in [1.165, 1.54) is 4.90 Å². The highest BCUT2D eigenvalue weighted by atomic mass is 19.3.